The molecule has 1 heterocycles. The summed E-state index contributed by atoms with van der Waals surface area (Å²) < 4.78 is 43.2. The Morgan fingerprint density at radius 1 is 1.27 bits per heavy atom. The third-order valence-electron chi connectivity index (χ3n) is 3.17. The second-order valence-corrected chi connectivity index (χ2v) is 5.77. The normalized spacial score (nSPS) is 13.4. The zero-order chi connectivity index (χ0) is 19.5. The summed E-state index contributed by atoms with van der Waals surface area (Å²) in [6, 6.07) is 4.11. The lowest BCUT2D eigenvalue weighted by atomic mass is 10.0. The molecule has 0 bridgehead atoms. The number of ether oxygens (including phenoxy) is 1. The maximum atomic E-state index is 12.7. The molecule has 0 saturated heterocycles. The van der Waals surface area contributed by atoms with Gasteiger partial charge in [0, 0.05) is 18.0 Å². The van der Waals surface area contributed by atoms with E-state index in [0.29, 0.717) is 18.4 Å². The van der Waals surface area contributed by atoms with Crippen LogP contribution >= 0.6 is 23.2 Å². The van der Waals surface area contributed by atoms with E-state index in [9.17, 15) is 28.2 Å². The fraction of sp³-hybridized carbons (Fsp3) is 0.125. The van der Waals surface area contributed by atoms with Crippen LogP contribution in [0.1, 0.15) is 17.2 Å². The standard InChI is InChI=1S/C16H10Cl2F3NO4/c17-11-4-9(16(19,20)21)5-12(18)14(11)26-7-10(15(24)25)13(23)8-2-1-3-22-6-8/h1-7,13,23H,(H,24,25). The summed E-state index contributed by atoms with van der Waals surface area (Å²) in [5.74, 6) is -1.89. The number of halogens is 5. The molecule has 0 aliphatic carbocycles. The van der Waals surface area contributed by atoms with Gasteiger partial charge < -0.3 is 14.9 Å². The summed E-state index contributed by atoms with van der Waals surface area (Å²) in [5, 5.41) is 18.4. The van der Waals surface area contributed by atoms with Crippen molar-refractivity contribution >= 4 is 29.2 Å². The number of rotatable bonds is 5. The van der Waals surface area contributed by atoms with Gasteiger partial charge in [-0.3, -0.25) is 4.98 Å². The Bertz CT molecular complexity index is 818. The summed E-state index contributed by atoms with van der Waals surface area (Å²) in [5.41, 5.74) is -1.50. The lowest BCUT2D eigenvalue weighted by molar-refractivity contribution is -0.137. The molecule has 0 aliphatic rings. The van der Waals surface area contributed by atoms with Gasteiger partial charge in [0.25, 0.3) is 0 Å². The largest absolute Gasteiger partial charge is 0.478 e. The van der Waals surface area contributed by atoms with E-state index in [0.717, 1.165) is 0 Å². The number of benzene rings is 1. The number of carbonyl (C=O) groups is 1. The number of aliphatic hydroxyl groups is 1. The molecule has 26 heavy (non-hydrogen) atoms. The maximum Gasteiger partial charge on any atom is 0.416 e. The smallest absolute Gasteiger partial charge is 0.416 e. The molecule has 0 spiro atoms. The maximum absolute atomic E-state index is 12.7. The first-order valence-corrected chi connectivity index (χ1v) is 7.61. The number of aliphatic carboxylic acids is 1. The van der Waals surface area contributed by atoms with Crippen molar-refractivity contribution in [3.63, 3.8) is 0 Å². The third-order valence-corrected chi connectivity index (χ3v) is 3.73. The molecular weight excluding hydrogens is 398 g/mol. The molecule has 5 nitrogen and oxygen atoms in total. The first-order chi connectivity index (χ1) is 12.1. The topological polar surface area (TPSA) is 79.7 Å². The van der Waals surface area contributed by atoms with Crippen LogP contribution in [0.2, 0.25) is 10.0 Å². The minimum Gasteiger partial charge on any atom is -0.478 e. The van der Waals surface area contributed by atoms with Crippen LogP contribution in [0.3, 0.4) is 0 Å². The van der Waals surface area contributed by atoms with Gasteiger partial charge >= 0.3 is 12.1 Å². The molecule has 2 aromatic rings. The van der Waals surface area contributed by atoms with Crippen LogP contribution in [0, 0.1) is 0 Å². The van der Waals surface area contributed by atoms with Crippen molar-refractivity contribution in [2.75, 3.05) is 0 Å². The van der Waals surface area contributed by atoms with E-state index in [1.807, 2.05) is 0 Å². The van der Waals surface area contributed by atoms with Crippen molar-refractivity contribution in [2.45, 2.75) is 12.3 Å². The van der Waals surface area contributed by atoms with Crippen molar-refractivity contribution in [3.05, 3.63) is 69.7 Å². The molecule has 0 fully saturated rings. The molecule has 0 aliphatic heterocycles. The third kappa shape index (κ3) is 4.66. The van der Waals surface area contributed by atoms with E-state index in [4.69, 9.17) is 27.9 Å². The Labute approximate surface area is 155 Å². The van der Waals surface area contributed by atoms with E-state index in [2.05, 4.69) is 4.98 Å². The number of aromatic nitrogens is 1. The highest BCUT2D eigenvalue weighted by atomic mass is 35.5. The molecule has 0 saturated carbocycles. The Morgan fingerprint density at radius 2 is 1.88 bits per heavy atom. The van der Waals surface area contributed by atoms with Gasteiger partial charge in [-0.15, -0.1) is 0 Å². The molecular formula is C16H10Cl2F3NO4. The van der Waals surface area contributed by atoms with Crippen molar-refractivity contribution in [2.24, 2.45) is 0 Å². The number of alkyl halides is 3. The Hall–Kier alpha value is -2.29. The average Bonchev–Trinajstić information content (AvgIpc) is 2.56. The first-order valence-electron chi connectivity index (χ1n) is 6.85. The van der Waals surface area contributed by atoms with Gasteiger partial charge in [0.1, 0.15) is 17.9 Å². The number of carboxylic acids is 1. The lowest BCUT2D eigenvalue weighted by Gasteiger charge is -2.14. The van der Waals surface area contributed by atoms with Crippen LogP contribution < -0.4 is 4.74 Å². The number of hydrogen-bond donors (Lipinski definition) is 2. The highest BCUT2D eigenvalue weighted by Gasteiger charge is 2.32. The van der Waals surface area contributed by atoms with E-state index >= 15 is 0 Å². The number of hydrogen-bond acceptors (Lipinski definition) is 4. The van der Waals surface area contributed by atoms with Crippen molar-refractivity contribution < 1.29 is 32.9 Å². The van der Waals surface area contributed by atoms with E-state index in [-0.39, 0.29) is 11.3 Å². The second kappa shape index (κ2) is 7.94. The molecule has 2 N–H and O–H groups in total. The number of nitrogens with zero attached hydrogens (tertiary/aromatic N) is 1. The molecule has 0 amide bonds. The molecule has 10 heteroatoms. The molecule has 2 rings (SSSR count). The quantitative estimate of drug-likeness (QED) is 0.563. The first kappa shape index (κ1) is 20.0. The minimum absolute atomic E-state index is 0.175. The zero-order valence-corrected chi connectivity index (χ0v) is 14.2. The molecule has 0 radical (unpaired) electrons. The zero-order valence-electron chi connectivity index (χ0n) is 12.7. The summed E-state index contributed by atoms with van der Waals surface area (Å²) in [4.78, 5) is 15.1. The summed E-state index contributed by atoms with van der Waals surface area (Å²) in [7, 11) is 0. The predicted octanol–water partition coefficient (Wildman–Crippen LogP) is 4.49. The van der Waals surface area contributed by atoms with E-state index in [1.165, 1.54) is 24.5 Å². The van der Waals surface area contributed by atoms with Crippen molar-refractivity contribution in [3.8, 4) is 5.75 Å². The molecule has 1 atom stereocenters. The Balaban J connectivity index is 2.35. The number of carboxylic acid groups (broad SMARTS) is 1. The Kier molecular flexibility index (Phi) is 6.12. The molecule has 1 unspecified atom stereocenters. The monoisotopic (exact) mass is 407 g/mol. The van der Waals surface area contributed by atoms with Gasteiger partial charge in [-0.1, -0.05) is 29.3 Å². The lowest BCUT2D eigenvalue weighted by Crippen LogP contribution is -2.12. The summed E-state index contributed by atoms with van der Waals surface area (Å²) in [6.45, 7) is 0. The fourth-order valence-corrected chi connectivity index (χ4v) is 2.48. The van der Waals surface area contributed by atoms with Gasteiger partial charge in [0.05, 0.1) is 15.6 Å². The summed E-state index contributed by atoms with van der Waals surface area (Å²) in [6.07, 6.45) is -2.92. The van der Waals surface area contributed by atoms with Crippen LogP contribution in [0.25, 0.3) is 0 Å². The predicted molar refractivity (Wildman–Crippen MR) is 87.0 cm³/mol. The van der Waals surface area contributed by atoms with Gasteiger partial charge in [-0.25, -0.2) is 4.79 Å². The van der Waals surface area contributed by atoms with Crippen molar-refractivity contribution in [1.29, 1.82) is 0 Å². The Morgan fingerprint density at radius 3 is 2.35 bits per heavy atom. The van der Waals surface area contributed by atoms with Crippen molar-refractivity contribution in [1.82, 2.24) is 4.98 Å². The minimum atomic E-state index is -4.66. The van der Waals surface area contributed by atoms with Gasteiger partial charge in [0.15, 0.2) is 5.75 Å². The molecule has 138 valence electrons. The fourth-order valence-electron chi connectivity index (χ4n) is 1.91. The van der Waals surface area contributed by atoms with Gasteiger partial charge in [0.2, 0.25) is 0 Å². The molecule has 1 aromatic carbocycles. The second-order valence-electron chi connectivity index (χ2n) is 4.95. The number of pyridine rings is 1. The summed E-state index contributed by atoms with van der Waals surface area (Å²) >= 11 is 11.5. The van der Waals surface area contributed by atoms with Gasteiger partial charge in [-0.05, 0) is 18.2 Å². The van der Waals surface area contributed by atoms with Crippen LogP contribution in [0.5, 0.6) is 5.75 Å². The van der Waals surface area contributed by atoms with Crippen LogP contribution in [-0.2, 0) is 11.0 Å². The van der Waals surface area contributed by atoms with Crippen LogP contribution in [0.15, 0.2) is 48.5 Å². The SMILES string of the molecule is O=C(O)C(=COc1c(Cl)cc(C(F)(F)F)cc1Cl)C(O)c1cccnc1. The van der Waals surface area contributed by atoms with Crippen LogP contribution in [0.4, 0.5) is 13.2 Å². The molecule has 1 aromatic heterocycles. The highest BCUT2D eigenvalue weighted by molar-refractivity contribution is 6.37. The van der Waals surface area contributed by atoms with Gasteiger partial charge in [-0.2, -0.15) is 13.2 Å². The van der Waals surface area contributed by atoms with E-state index in [1.54, 1.807) is 0 Å². The van der Waals surface area contributed by atoms with Crippen LogP contribution in [-0.4, -0.2) is 21.2 Å². The highest BCUT2D eigenvalue weighted by Crippen LogP contribution is 2.40. The number of aliphatic hydroxyl groups excluding tert-OH is 1. The average molecular weight is 408 g/mol. The van der Waals surface area contributed by atoms with E-state index < -0.39 is 39.4 Å².